The average Bonchev–Trinajstić information content (AvgIpc) is 2.69. The molecule has 2 aromatic rings. The van der Waals surface area contributed by atoms with E-state index in [1.807, 2.05) is 12.3 Å². The Labute approximate surface area is 101 Å². The third-order valence-electron chi connectivity index (χ3n) is 3.82. The highest BCUT2D eigenvalue weighted by Crippen LogP contribution is 2.31. The number of fused-ring (bicyclic) bond motifs is 1. The molecular weight excluding hydrogens is 212 g/mol. The summed E-state index contributed by atoms with van der Waals surface area (Å²) < 4.78 is 2.19. The summed E-state index contributed by atoms with van der Waals surface area (Å²) in [6.07, 6.45) is 6.12. The Hall–Kier alpha value is -1.42. The van der Waals surface area contributed by atoms with Gasteiger partial charge in [0.1, 0.15) is 5.82 Å². The Morgan fingerprint density at radius 2 is 2.35 bits per heavy atom. The van der Waals surface area contributed by atoms with E-state index >= 15 is 0 Å². The quantitative estimate of drug-likeness (QED) is 0.809. The van der Waals surface area contributed by atoms with Crippen LogP contribution < -0.4 is 5.32 Å². The zero-order valence-corrected chi connectivity index (χ0v) is 10.4. The highest BCUT2D eigenvalue weighted by molar-refractivity contribution is 5.74. The minimum Gasteiger partial charge on any atom is -0.329 e. The van der Waals surface area contributed by atoms with Crippen molar-refractivity contribution in [3.63, 3.8) is 0 Å². The van der Waals surface area contributed by atoms with Gasteiger partial charge in [0.2, 0.25) is 0 Å². The van der Waals surface area contributed by atoms with E-state index in [4.69, 9.17) is 4.98 Å². The first-order chi connectivity index (χ1) is 8.21. The molecule has 17 heavy (non-hydrogen) atoms. The number of rotatable bonds is 1. The molecule has 2 aromatic heterocycles. The van der Waals surface area contributed by atoms with Gasteiger partial charge in [-0.1, -0.05) is 6.92 Å². The van der Waals surface area contributed by atoms with Gasteiger partial charge < -0.3 is 9.88 Å². The van der Waals surface area contributed by atoms with E-state index in [0.29, 0.717) is 0 Å². The number of aromatic nitrogens is 3. The summed E-state index contributed by atoms with van der Waals surface area (Å²) in [4.78, 5) is 8.97. The molecule has 3 rings (SSSR count). The standard InChI is InChI=1S/C13H18N4/c1-13(5-3-6-15-9-13)12-16-10-4-7-14-8-11(10)17(12)2/h4,7-8,15H,3,5-6,9H2,1-2H3. The van der Waals surface area contributed by atoms with Gasteiger partial charge >= 0.3 is 0 Å². The Bertz CT molecular complexity index is 537. The zero-order chi connectivity index (χ0) is 11.9. The molecule has 0 bridgehead atoms. The fourth-order valence-corrected chi connectivity index (χ4v) is 2.82. The van der Waals surface area contributed by atoms with Crippen LogP contribution in [-0.4, -0.2) is 27.6 Å². The van der Waals surface area contributed by atoms with Gasteiger partial charge in [-0.15, -0.1) is 0 Å². The summed E-state index contributed by atoms with van der Waals surface area (Å²) in [5.41, 5.74) is 2.31. The first kappa shape index (κ1) is 10.7. The van der Waals surface area contributed by atoms with E-state index in [9.17, 15) is 0 Å². The fraction of sp³-hybridized carbons (Fsp3) is 0.538. The van der Waals surface area contributed by atoms with Gasteiger partial charge in [0.05, 0.1) is 17.2 Å². The minimum atomic E-state index is 0.145. The maximum absolute atomic E-state index is 4.79. The Kier molecular flexibility index (Phi) is 2.40. The predicted molar refractivity (Wildman–Crippen MR) is 68.0 cm³/mol. The van der Waals surface area contributed by atoms with Crippen molar-refractivity contribution in [2.45, 2.75) is 25.2 Å². The van der Waals surface area contributed by atoms with Gasteiger partial charge in [-0.3, -0.25) is 4.98 Å². The maximum Gasteiger partial charge on any atom is 0.116 e. The van der Waals surface area contributed by atoms with Crippen molar-refractivity contribution >= 4 is 11.0 Å². The molecule has 4 nitrogen and oxygen atoms in total. The molecule has 90 valence electrons. The van der Waals surface area contributed by atoms with Gasteiger partial charge in [-0.05, 0) is 25.5 Å². The molecule has 1 aliphatic heterocycles. The lowest BCUT2D eigenvalue weighted by atomic mass is 9.82. The molecule has 0 amide bonds. The van der Waals surface area contributed by atoms with Crippen LogP contribution in [0, 0.1) is 0 Å². The normalized spacial score (nSPS) is 25.3. The monoisotopic (exact) mass is 230 g/mol. The third-order valence-corrected chi connectivity index (χ3v) is 3.82. The number of nitrogens with one attached hydrogen (secondary N) is 1. The topological polar surface area (TPSA) is 42.7 Å². The summed E-state index contributed by atoms with van der Waals surface area (Å²) in [6, 6.07) is 1.98. The smallest absolute Gasteiger partial charge is 0.116 e. The van der Waals surface area contributed by atoms with E-state index in [1.165, 1.54) is 18.7 Å². The third kappa shape index (κ3) is 1.63. The highest BCUT2D eigenvalue weighted by Gasteiger charge is 2.33. The molecule has 1 saturated heterocycles. The van der Waals surface area contributed by atoms with Gasteiger partial charge in [0.15, 0.2) is 0 Å². The number of piperidine rings is 1. The lowest BCUT2D eigenvalue weighted by molar-refractivity contribution is 0.318. The Balaban J connectivity index is 2.13. The van der Waals surface area contributed by atoms with Gasteiger partial charge in [-0.25, -0.2) is 4.98 Å². The van der Waals surface area contributed by atoms with Crippen LogP contribution in [0.15, 0.2) is 18.5 Å². The lowest BCUT2D eigenvalue weighted by Crippen LogP contribution is -2.42. The van der Waals surface area contributed by atoms with Gasteiger partial charge in [0, 0.05) is 25.2 Å². The van der Waals surface area contributed by atoms with Crippen LogP contribution in [0.3, 0.4) is 0 Å². The van der Waals surface area contributed by atoms with Crippen LogP contribution in [0.2, 0.25) is 0 Å². The summed E-state index contributed by atoms with van der Waals surface area (Å²) in [6.45, 7) is 4.44. The van der Waals surface area contributed by atoms with Crippen molar-refractivity contribution in [2.24, 2.45) is 7.05 Å². The first-order valence-corrected chi connectivity index (χ1v) is 6.18. The van der Waals surface area contributed by atoms with E-state index in [1.54, 1.807) is 6.20 Å². The molecule has 4 heteroatoms. The van der Waals surface area contributed by atoms with Gasteiger partial charge in [0.25, 0.3) is 0 Å². The van der Waals surface area contributed by atoms with Crippen LogP contribution in [0.5, 0.6) is 0 Å². The number of imidazole rings is 1. The van der Waals surface area contributed by atoms with Crippen molar-refractivity contribution < 1.29 is 0 Å². The molecule has 0 radical (unpaired) electrons. The van der Waals surface area contributed by atoms with Crippen LogP contribution in [0.25, 0.3) is 11.0 Å². The highest BCUT2D eigenvalue weighted by atomic mass is 15.1. The van der Waals surface area contributed by atoms with Crippen molar-refractivity contribution in [3.8, 4) is 0 Å². The molecule has 0 spiro atoms. The van der Waals surface area contributed by atoms with Crippen molar-refractivity contribution in [3.05, 3.63) is 24.3 Å². The van der Waals surface area contributed by atoms with Crippen molar-refractivity contribution in [1.29, 1.82) is 0 Å². The number of aryl methyl sites for hydroxylation is 1. The summed E-state index contributed by atoms with van der Waals surface area (Å²) >= 11 is 0. The predicted octanol–water partition coefficient (Wildman–Crippen LogP) is 1.61. The summed E-state index contributed by atoms with van der Waals surface area (Å²) in [7, 11) is 2.09. The van der Waals surface area contributed by atoms with Crippen LogP contribution >= 0.6 is 0 Å². The molecule has 0 aromatic carbocycles. The number of hydrogen-bond acceptors (Lipinski definition) is 3. The van der Waals surface area contributed by atoms with E-state index in [-0.39, 0.29) is 5.41 Å². The second-order valence-electron chi connectivity index (χ2n) is 5.20. The molecule has 0 saturated carbocycles. The number of pyridine rings is 1. The van der Waals surface area contributed by atoms with Crippen molar-refractivity contribution in [2.75, 3.05) is 13.1 Å². The molecule has 1 fully saturated rings. The van der Waals surface area contributed by atoms with Crippen molar-refractivity contribution in [1.82, 2.24) is 19.9 Å². The largest absolute Gasteiger partial charge is 0.329 e. The Morgan fingerprint density at radius 1 is 1.47 bits per heavy atom. The first-order valence-electron chi connectivity index (χ1n) is 6.18. The second kappa shape index (κ2) is 3.81. The van der Waals surface area contributed by atoms with E-state index in [2.05, 4.69) is 28.8 Å². The van der Waals surface area contributed by atoms with E-state index in [0.717, 1.165) is 24.1 Å². The average molecular weight is 230 g/mol. The Morgan fingerprint density at radius 3 is 3.06 bits per heavy atom. The van der Waals surface area contributed by atoms with Crippen LogP contribution in [0.4, 0.5) is 0 Å². The van der Waals surface area contributed by atoms with Crippen LogP contribution in [0.1, 0.15) is 25.6 Å². The molecule has 1 N–H and O–H groups in total. The van der Waals surface area contributed by atoms with E-state index < -0.39 is 0 Å². The number of nitrogens with zero attached hydrogens (tertiary/aromatic N) is 3. The number of hydrogen-bond donors (Lipinski definition) is 1. The second-order valence-corrected chi connectivity index (χ2v) is 5.20. The lowest BCUT2D eigenvalue weighted by Gasteiger charge is -2.33. The zero-order valence-electron chi connectivity index (χ0n) is 10.4. The molecule has 1 aliphatic rings. The molecule has 3 heterocycles. The molecular formula is C13H18N4. The summed E-state index contributed by atoms with van der Waals surface area (Å²) in [5.74, 6) is 1.17. The molecule has 1 unspecified atom stereocenters. The molecule has 0 aliphatic carbocycles. The molecule has 1 atom stereocenters. The SMILES string of the molecule is Cn1c(C2(C)CCCNC2)nc2ccncc21. The minimum absolute atomic E-state index is 0.145. The summed E-state index contributed by atoms with van der Waals surface area (Å²) in [5, 5.41) is 3.48. The van der Waals surface area contributed by atoms with Crippen LogP contribution in [-0.2, 0) is 12.5 Å². The maximum atomic E-state index is 4.79. The van der Waals surface area contributed by atoms with Gasteiger partial charge in [-0.2, -0.15) is 0 Å². The fourth-order valence-electron chi connectivity index (χ4n) is 2.82.